The minimum absolute atomic E-state index is 0.0672. The molecular weight excluding hydrogens is 287 g/mol. The first kappa shape index (κ1) is 15.6. The van der Waals surface area contributed by atoms with E-state index in [9.17, 15) is 9.00 Å². The number of hydrogen-bond donors (Lipinski definition) is 0. The Kier molecular flexibility index (Phi) is 5.02. The fraction of sp³-hybridized carbons (Fsp3) is 0.235. The zero-order valence-electron chi connectivity index (χ0n) is 11.8. The molecule has 0 amide bonds. The van der Waals surface area contributed by atoms with Crippen molar-refractivity contribution in [1.29, 1.82) is 0 Å². The number of ketones is 1. The summed E-state index contributed by atoms with van der Waals surface area (Å²) in [5, 5.41) is -2.39. The maximum absolute atomic E-state index is 15.3. The minimum atomic E-state index is -2.39. The Hall–Kier alpha value is -1.81. The SMILES string of the molecule is CCCC(F)(C(=O)c1ccccc1)S(=O)c1ccccc1. The summed E-state index contributed by atoms with van der Waals surface area (Å²) in [4.78, 5) is 12.8. The molecule has 21 heavy (non-hydrogen) atoms. The summed E-state index contributed by atoms with van der Waals surface area (Å²) in [6, 6.07) is 16.5. The molecule has 2 aromatic rings. The molecule has 2 rings (SSSR count). The van der Waals surface area contributed by atoms with Crippen LogP contribution in [0.1, 0.15) is 30.1 Å². The number of benzene rings is 2. The molecule has 0 heterocycles. The first-order valence-corrected chi connectivity index (χ1v) is 8.00. The molecule has 2 nitrogen and oxygen atoms in total. The lowest BCUT2D eigenvalue weighted by atomic mass is 10.0. The fourth-order valence-corrected chi connectivity index (χ4v) is 3.60. The number of carbonyl (C=O) groups excluding carboxylic acids is 1. The van der Waals surface area contributed by atoms with Crippen molar-refractivity contribution in [3.63, 3.8) is 0 Å². The lowest BCUT2D eigenvalue weighted by molar-refractivity contribution is 0.0820. The summed E-state index contributed by atoms with van der Waals surface area (Å²) in [5.41, 5.74) is 0.248. The molecule has 2 aromatic carbocycles. The highest BCUT2D eigenvalue weighted by Crippen LogP contribution is 2.32. The van der Waals surface area contributed by atoms with Crippen LogP contribution < -0.4 is 0 Å². The molecule has 2 atom stereocenters. The smallest absolute Gasteiger partial charge is 0.251 e. The fourth-order valence-electron chi connectivity index (χ4n) is 2.15. The van der Waals surface area contributed by atoms with Gasteiger partial charge in [-0.1, -0.05) is 61.9 Å². The first-order valence-electron chi connectivity index (χ1n) is 6.85. The Morgan fingerprint density at radius 2 is 1.57 bits per heavy atom. The number of hydrogen-bond acceptors (Lipinski definition) is 2. The van der Waals surface area contributed by atoms with Crippen LogP contribution in [0, 0.1) is 0 Å². The van der Waals surface area contributed by atoms with Crippen molar-refractivity contribution >= 4 is 16.6 Å². The molecule has 110 valence electrons. The van der Waals surface area contributed by atoms with Gasteiger partial charge in [-0.05, 0) is 12.1 Å². The Labute approximate surface area is 126 Å². The topological polar surface area (TPSA) is 34.1 Å². The van der Waals surface area contributed by atoms with Gasteiger partial charge in [0.1, 0.15) is 0 Å². The zero-order valence-corrected chi connectivity index (χ0v) is 12.6. The molecule has 4 heteroatoms. The summed E-state index contributed by atoms with van der Waals surface area (Å²) in [6.07, 6.45) is 0.371. The zero-order chi connectivity index (χ0) is 15.3. The van der Waals surface area contributed by atoms with Crippen molar-refractivity contribution < 1.29 is 13.4 Å². The van der Waals surface area contributed by atoms with Crippen molar-refractivity contribution in [2.75, 3.05) is 0 Å². The van der Waals surface area contributed by atoms with Gasteiger partial charge in [0.2, 0.25) is 5.78 Å². The lowest BCUT2D eigenvalue weighted by Gasteiger charge is -2.23. The predicted octanol–water partition coefficient (Wildman–Crippen LogP) is 4.14. The van der Waals surface area contributed by atoms with E-state index >= 15 is 4.39 Å². The second-order valence-electron chi connectivity index (χ2n) is 4.76. The molecule has 0 N–H and O–H groups in total. The quantitative estimate of drug-likeness (QED) is 0.752. The maximum atomic E-state index is 15.3. The van der Waals surface area contributed by atoms with Crippen LogP contribution in [0.4, 0.5) is 4.39 Å². The molecule has 0 aliphatic rings. The second-order valence-corrected chi connectivity index (χ2v) is 6.41. The van der Waals surface area contributed by atoms with Crippen LogP contribution in [-0.2, 0) is 10.8 Å². The van der Waals surface area contributed by atoms with Crippen LogP contribution in [0.2, 0.25) is 0 Å². The van der Waals surface area contributed by atoms with Crippen LogP contribution in [-0.4, -0.2) is 15.0 Å². The van der Waals surface area contributed by atoms with Crippen molar-refractivity contribution in [1.82, 2.24) is 0 Å². The van der Waals surface area contributed by atoms with Crippen molar-refractivity contribution in [3.8, 4) is 0 Å². The molecule has 0 saturated carbocycles. The van der Waals surface area contributed by atoms with Crippen LogP contribution in [0.3, 0.4) is 0 Å². The van der Waals surface area contributed by atoms with Crippen molar-refractivity contribution in [3.05, 3.63) is 66.2 Å². The van der Waals surface area contributed by atoms with Crippen LogP contribution in [0.15, 0.2) is 65.6 Å². The summed E-state index contributed by atoms with van der Waals surface area (Å²) >= 11 is 0. The van der Waals surface area contributed by atoms with Gasteiger partial charge in [-0.3, -0.25) is 9.00 Å². The van der Waals surface area contributed by atoms with Gasteiger partial charge < -0.3 is 0 Å². The molecule has 0 aliphatic heterocycles. The highest BCUT2D eigenvalue weighted by molar-refractivity contribution is 7.87. The molecule has 0 saturated heterocycles. The third-order valence-electron chi connectivity index (χ3n) is 3.20. The van der Waals surface area contributed by atoms with Gasteiger partial charge in [0.05, 0.1) is 10.8 Å². The standard InChI is InChI=1S/C17H17FO2S/c1-2-13-17(18,16(19)14-9-5-3-6-10-14)21(20)15-11-7-4-8-12-15/h3-12H,2,13H2,1H3. The van der Waals surface area contributed by atoms with Crippen molar-refractivity contribution in [2.45, 2.75) is 29.7 Å². The van der Waals surface area contributed by atoms with Gasteiger partial charge in [-0.15, -0.1) is 0 Å². The third-order valence-corrected chi connectivity index (χ3v) is 4.88. The van der Waals surface area contributed by atoms with E-state index in [1.165, 1.54) is 0 Å². The van der Waals surface area contributed by atoms with E-state index in [0.29, 0.717) is 11.3 Å². The second kappa shape index (κ2) is 6.76. The van der Waals surface area contributed by atoms with E-state index in [1.807, 2.05) is 0 Å². The Balaban J connectivity index is 2.41. The molecule has 0 spiro atoms. The van der Waals surface area contributed by atoms with Crippen LogP contribution >= 0.6 is 0 Å². The average molecular weight is 304 g/mol. The molecule has 0 fully saturated rings. The van der Waals surface area contributed by atoms with Gasteiger partial charge in [-0.25, -0.2) is 4.39 Å². The van der Waals surface area contributed by atoms with Crippen LogP contribution in [0.25, 0.3) is 0 Å². The Bertz CT molecular complexity index is 574. The maximum Gasteiger partial charge on any atom is 0.251 e. The van der Waals surface area contributed by atoms with E-state index in [-0.39, 0.29) is 12.0 Å². The number of rotatable bonds is 6. The van der Waals surface area contributed by atoms with Gasteiger partial charge in [0.15, 0.2) is 0 Å². The number of Topliss-reactive ketones (excluding diaryl/α,β-unsaturated/α-hetero) is 1. The number of carbonyl (C=O) groups is 1. The predicted molar refractivity (Wildman–Crippen MR) is 82.4 cm³/mol. The number of halogens is 1. The summed E-state index contributed by atoms with van der Waals surface area (Å²) in [5.74, 6) is -0.716. The third kappa shape index (κ3) is 3.27. The summed E-state index contributed by atoms with van der Waals surface area (Å²) < 4.78 is 27.9. The van der Waals surface area contributed by atoms with Gasteiger partial charge in [0.25, 0.3) is 5.00 Å². The molecule has 0 bridgehead atoms. The monoisotopic (exact) mass is 304 g/mol. The van der Waals surface area contributed by atoms with Crippen LogP contribution in [0.5, 0.6) is 0 Å². The van der Waals surface area contributed by atoms with E-state index < -0.39 is 21.6 Å². The highest BCUT2D eigenvalue weighted by Gasteiger charge is 2.45. The molecule has 0 aromatic heterocycles. The molecular formula is C17H17FO2S. The van der Waals surface area contributed by atoms with Gasteiger partial charge in [0, 0.05) is 16.9 Å². The summed E-state index contributed by atoms with van der Waals surface area (Å²) in [6.45, 7) is 1.77. The highest BCUT2D eigenvalue weighted by atomic mass is 32.2. The van der Waals surface area contributed by atoms with Gasteiger partial charge in [-0.2, -0.15) is 0 Å². The Morgan fingerprint density at radius 3 is 2.10 bits per heavy atom. The number of alkyl halides is 1. The lowest BCUT2D eigenvalue weighted by Crippen LogP contribution is -2.38. The largest absolute Gasteiger partial charge is 0.289 e. The van der Waals surface area contributed by atoms with Gasteiger partial charge >= 0.3 is 0 Å². The first-order chi connectivity index (χ1) is 10.1. The minimum Gasteiger partial charge on any atom is -0.289 e. The normalized spacial score (nSPS) is 15.1. The van der Waals surface area contributed by atoms with E-state index in [0.717, 1.165) is 0 Å². The molecule has 0 aliphatic carbocycles. The summed E-state index contributed by atoms with van der Waals surface area (Å²) in [7, 11) is -2.03. The van der Waals surface area contributed by atoms with Crippen molar-refractivity contribution in [2.24, 2.45) is 0 Å². The van der Waals surface area contributed by atoms with E-state index in [4.69, 9.17) is 0 Å². The molecule has 2 unspecified atom stereocenters. The Morgan fingerprint density at radius 1 is 1.05 bits per heavy atom. The molecule has 0 radical (unpaired) electrons. The average Bonchev–Trinajstić information content (AvgIpc) is 2.55. The van der Waals surface area contributed by atoms with E-state index in [2.05, 4.69) is 0 Å². The van der Waals surface area contributed by atoms with E-state index in [1.54, 1.807) is 67.6 Å².